The largest absolute Gasteiger partial charge is 0.331 e. The highest BCUT2D eigenvalue weighted by Crippen LogP contribution is 2.39. The second kappa shape index (κ2) is 7.99. The summed E-state index contributed by atoms with van der Waals surface area (Å²) in [5.74, 6) is 0. The molecule has 0 spiro atoms. The Labute approximate surface area is 181 Å². The smallest absolute Gasteiger partial charge is 0.131 e. The molecule has 0 saturated carbocycles. The summed E-state index contributed by atoms with van der Waals surface area (Å²) in [5, 5.41) is 0. The molecule has 1 nitrogen and oxygen atoms in total. The van der Waals surface area contributed by atoms with Crippen LogP contribution in [0, 0.1) is 48.1 Å². The molecule has 150 valence electrons. The van der Waals surface area contributed by atoms with Gasteiger partial charge in [0.15, 0.2) is 0 Å². The number of para-hydroxylation sites is 1. The van der Waals surface area contributed by atoms with Crippen LogP contribution in [0.2, 0.25) is 0 Å². The van der Waals surface area contributed by atoms with Crippen molar-refractivity contribution in [2.75, 3.05) is 4.90 Å². The highest BCUT2D eigenvalue weighted by molar-refractivity contribution is 5.95. The zero-order valence-electron chi connectivity index (χ0n) is 18.8. The standard InChI is InChI=1S/C29H29N/c1-19-10-7-11-20(2)27(19)25-16-26(28-21(3)12-8-13-22(28)4)18-30(17-25)29-23(5)14-9-15-24(29)6/h7-17H,1-6H3. The third-order valence-corrected chi connectivity index (χ3v) is 6.01. The van der Waals surface area contributed by atoms with Gasteiger partial charge < -0.3 is 4.90 Å². The van der Waals surface area contributed by atoms with Gasteiger partial charge in [-0.25, -0.2) is 0 Å². The first-order valence-electron chi connectivity index (χ1n) is 10.6. The molecular weight excluding hydrogens is 362 g/mol. The van der Waals surface area contributed by atoms with Gasteiger partial charge in [-0.3, -0.25) is 0 Å². The van der Waals surface area contributed by atoms with E-state index >= 15 is 0 Å². The molecule has 0 amide bonds. The minimum Gasteiger partial charge on any atom is -0.331 e. The third kappa shape index (κ3) is 3.61. The van der Waals surface area contributed by atoms with Crippen LogP contribution >= 0.6 is 0 Å². The number of rotatable bonds is 3. The molecule has 3 aromatic carbocycles. The van der Waals surface area contributed by atoms with Crippen molar-refractivity contribution >= 4 is 16.8 Å². The second-order valence-corrected chi connectivity index (χ2v) is 8.40. The van der Waals surface area contributed by atoms with Crippen LogP contribution in [0.25, 0.3) is 11.1 Å². The van der Waals surface area contributed by atoms with Crippen LogP contribution in [0.3, 0.4) is 0 Å². The van der Waals surface area contributed by atoms with Crippen LogP contribution in [0.4, 0.5) is 5.69 Å². The predicted molar refractivity (Wildman–Crippen MR) is 129 cm³/mol. The van der Waals surface area contributed by atoms with Crippen LogP contribution in [0.1, 0.15) is 44.5 Å². The Kier molecular flexibility index (Phi) is 5.39. The van der Waals surface area contributed by atoms with Crippen molar-refractivity contribution < 1.29 is 0 Å². The quantitative estimate of drug-likeness (QED) is 0.446. The summed E-state index contributed by atoms with van der Waals surface area (Å²) in [4.78, 5) is 2.20. The lowest BCUT2D eigenvalue weighted by molar-refractivity contribution is 1.14. The van der Waals surface area contributed by atoms with Gasteiger partial charge in [-0.2, -0.15) is 0 Å². The van der Waals surface area contributed by atoms with E-state index in [2.05, 4.69) is 120 Å². The van der Waals surface area contributed by atoms with E-state index < -0.39 is 0 Å². The van der Waals surface area contributed by atoms with E-state index in [0.29, 0.717) is 0 Å². The van der Waals surface area contributed by atoms with Crippen molar-refractivity contribution in [3.05, 3.63) is 118 Å². The molecule has 0 aliphatic carbocycles. The molecule has 30 heavy (non-hydrogen) atoms. The molecule has 1 heteroatoms. The molecule has 1 aliphatic rings. The van der Waals surface area contributed by atoms with Gasteiger partial charge in [0.25, 0.3) is 0 Å². The zero-order chi connectivity index (χ0) is 21.4. The maximum Gasteiger partial charge on any atom is 0.131 e. The SMILES string of the molecule is Cc1cccc(C)c1C1=CC(c2c(C)cccc2C)=CN(c2c(C)cccc2C)[C]1. The summed E-state index contributed by atoms with van der Waals surface area (Å²) in [7, 11) is 0. The first kappa shape index (κ1) is 20.2. The monoisotopic (exact) mass is 391 g/mol. The number of benzene rings is 3. The number of hydrogen-bond donors (Lipinski definition) is 0. The highest BCUT2D eigenvalue weighted by Gasteiger charge is 2.23. The van der Waals surface area contributed by atoms with E-state index in [1.807, 2.05) is 0 Å². The van der Waals surface area contributed by atoms with E-state index in [1.165, 1.54) is 55.8 Å². The predicted octanol–water partition coefficient (Wildman–Crippen LogP) is 7.52. The van der Waals surface area contributed by atoms with Gasteiger partial charge in [0.05, 0.1) is 0 Å². The van der Waals surface area contributed by atoms with Crippen molar-refractivity contribution in [2.24, 2.45) is 0 Å². The zero-order valence-corrected chi connectivity index (χ0v) is 18.8. The maximum atomic E-state index is 3.71. The Bertz CT molecular complexity index is 1120. The van der Waals surface area contributed by atoms with Crippen LogP contribution in [-0.2, 0) is 0 Å². The summed E-state index contributed by atoms with van der Waals surface area (Å²) in [6, 6.07) is 19.5. The normalized spacial score (nSPS) is 13.9. The highest BCUT2D eigenvalue weighted by atomic mass is 15.1. The van der Waals surface area contributed by atoms with Crippen LogP contribution in [0.15, 0.2) is 66.9 Å². The van der Waals surface area contributed by atoms with Crippen LogP contribution in [0.5, 0.6) is 0 Å². The van der Waals surface area contributed by atoms with Crippen LogP contribution < -0.4 is 4.90 Å². The van der Waals surface area contributed by atoms with Gasteiger partial charge in [0.2, 0.25) is 0 Å². The van der Waals surface area contributed by atoms with Crippen molar-refractivity contribution in [1.82, 2.24) is 0 Å². The average Bonchev–Trinajstić information content (AvgIpc) is 2.67. The number of hydrogen-bond acceptors (Lipinski definition) is 1. The van der Waals surface area contributed by atoms with Gasteiger partial charge in [-0.15, -0.1) is 0 Å². The van der Waals surface area contributed by atoms with E-state index in [4.69, 9.17) is 0 Å². The van der Waals surface area contributed by atoms with Gasteiger partial charge in [0.1, 0.15) is 6.54 Å². The van der Waals surface area contributed by atoms with Crippen molar-refractivity contribution in [2.45, 2.75) is 41.5 Å². The lowest BCUT2D eigenvalue weighted by Gasteiger charge is -2.30. The lowest BCUT2D eigenvalue weighted by Crippen LogP contribution is -2.20. The molecule has 3 aromatic rings. The molecule has 0 saturated heterocycles. The summed E-state index contributed by atoms with van der Waals surface area (Å²) >= 11 is 0. The Morgan fingerprint density at radius 2 is 1.00 bits per heavy atom. The molecule has 0 fully saturated rings. The minimum atomic E-state index is 1.13. The molecule has 2 radical (unpaired) electrons. The molecule has 0 bridgehead atoms. The number of nitrogens with zero attached hydrogens (tertiary/aromatic N) is 1. The topological polar surface area (TPSA) is 3.24 Å². The van der Waals surface area contributed by atoms with Gasteiger partial charge in [-0.05, 0) is 103 Å². The molecule has 4 rings (SSSR count). The number of allylic oxidation sites excluding steroid dienone is 2. The van der Waals surface area contributed by atoms with Crippen molar-refractivity contribution in [1.29, 1.82) is 0 Å². The Morgan fingerprint density at radius 3 is 1.50 bits per heavy atom. The minimum absolute atomic E-state index is 1.13. The fourth-order valence-corrected chi connectivity index (χ4v) is 4.61. The molecule has 0 unspecified atom stereocenters. The summed E-state index contributed by atoms with van der Waals surface area (Å²) in [6.07, 6.45) is 4.54. The average molecular weight is 392 g/mol. The van der Waals surface area contributed by atoms with Gasteiger partial charge in [0, 0.05) is 11.9 Å². The first-order valence-corrected chi connectivity index (χ1v) is 10.6. The molecule has 0 atom stereocenters. The molecule has 1 aliphatic heterocycles. The fraction of sp³-hybridized carbons (Fsp3) is 0.207. The fourth-order valence-electron chi connectivity index (χ4n) is 4.61. The van der Waals surface area contributed by atoms with E-state index in [9.17, 15) is 0 Å². The summed E-state index contributed by atoms with van der Waals surface area (Å²) < 4.78 is 0. The Hall–Kier alpha value is -3.06. The third-order valence-electron chi connectivity index (χ3n) is 6.01. The summed E-state index contributed by atoms with van der Waals surface area (Å²) in [6.45, 7) is 16.8. The van der Waals surface area contributed by atoms with Crippen molar-refractivity contribution in [3.63, 3.8) is 0 Å². The van der Waals surface area contributed by atoms with Gasteiger partial charge in [-0.1, -0.05) is 54.6 Å². The number of anilines is 1. The van der Waals surface area contributed by atoms with E-state index in [0.717, 1.165) is 5.57 Å². The Balaban J connectivity index is 1.95. The molecule has 0 aromatic heterocycles. The maximum absolute atomic E-state index is 3.71. The number of aryl methyl sites for hydroxylation is 6. The second-order valence-electron chi connectivity index (χ2n) is 8.40. The summed E-state index contributed by atoms with van der Waals surface area (Å²) in [5.41, 5.74) is 13.8. The van der Waals surface area contributed by atoms with E-state index in [-0.39, 0.29) is 0 Å². The van der Waals surface area contributed by atoms with E-state index in [1.54, 1.807) is 0 Å². The molecule has 1 heterocycles. The molecular formula is C29H29N. The Morgan fingerprint density at radius 1 is 0.567 bits per heavy atom. The lowest BCUT2D eigenvalue weighted by atomic mass is 9.88. The van der Waals surface area contributed by atoms with Crippen molar-refractivity contribution in [3.8, 4) is 0 Å². The van der Waals surface area contributed by atoms with Gasteiger partial charge >= 0.3 is 0 Å². The molecule has 0 N–H and O–H groups in total. The first-order chi connectivity index (χ1) is 14.4. The van der Waals surface area contributed by atoms with Crippen LogP contribution in [-0.4, -0.2) is 0 Å².